The fourth-order valence-electron chi connectivity index (χ4n) is 1.85. The van der Waals surface area contributed by atoms with Crippen LogP contribution in [0, 0.1) is 0 Å². The Morgan fingerprint density at radius 3 is 2.88 bits per heavy atom. The Hall–Kier alpha value is -1.39. The van der Waals surface area contributed by atoms with Gasteiger partial charge in [0.05, 0.1) is 0 Å². The van der Waals surface area contributed by atoms with Crippen molar-refractivity contribution in [1.29, 1.82) is 0 Å². The quantitative estimate of drug-likeness (QED) is 0.821. The van der Waals surface area contributed by atoms with Crippen LogP contribution in [0.15, 0.2) is 18.2 Å². The molecule has 0 radical (unpaired) electrons. The molecular weight excluding hydrogens is 230 g/mol. The third-order valence-corrected chi connectivity index (χ3v) is 2.79. The van der Waals surface area contributed by atoms with E-state index in [1.165, 1.54) is 13.0 Å². The van der Waals surface area contributed by atoms with Crippen molar-refractivity contribution < 1.29 is 14.7 Å². The van der Waals surface area contributed by atoms with Crippen molar-refractivity contribution in [3.63, 3.8) is 0 Å². The molecule has 84 valence electrons. The summed E-state index contributed by atoms with van der Waals surface area (Å²) in [7, 11) is 0. The number of amides is 1. The molecule has 1 aromatic carbocycles. The van der Waals surface area contributed by atoms with Crippen LogP contribution in [-0.2, 0) is 15.2 Å². The molecule has 0 bridgehead atoms. The second kappa shape index (κ2) is 3.57. The van der Waals surface area contributed by atoms with E-state index in [4.69, 9.17) is 11.6 Å². The number of hydrogen-bond donors (Lipinski definition) is 2. The van der Waals surface area contributed by atoms with Gasteiger partial charge in [0, 0.05) is 22.7 Å². The highest BCUT2D eigenvalue weighted by atomic mass is 35.5. The first-order chi connectivity index (χ1) is 7.43. The third kappa shape index (κ3) is 1.60. The number of hydrogen-bond acceptors (Lipinski definition) is 3. The number of Topliss-reactive ketones (excluding diaryl/α,β-unsaturated/α-hetero) is 1. The van der Waals surface area contributed by atoms with E-state index in [9.17, 15) is 14.7 Å². The SMILES string of the molecule is CC(=O)C[C@@]1(O)C(=O)Nc2ccc(Cl)cc21. The second-order valence-electron chi connectivity index (χ2n) is 3.88. The fourth-order valence-corrected chi connectivity index (χ4v) is 2.02. The molecule has 1 heterocycles. The molecule has 0 aromatic heterocycles. The topological polar surface area (TPSA) is 66.4 Å². The van der Waals surface area contributed by atoms with Gasteiger partial charge in [-0.2, -0.15) is 0 Å². The maximum atomic E-state index is 11.6. The largest absolute Gasteiger partial charge is 0.375 e. The number of rotatable bonds is 2. The van der Waals surface area contributed by atoms with Crippen LogP contribution in [0.3, 0.4) is 0 Å². The van der Waals surface area contributed by atoms with Crippen molar-refractivity contribution in [2.24, 2.45) is 0 Å². The molecule has 0 saturated carbocycles. The van der Waals surface area contributed by atoms with Gasteiger partial charge in [-0.1, -0.05) is 11.6 Å². The molecule has 1 aliphatic rings. The molecular formula is C11H10ClNO3. The van der Waals surface area contributed by atoms with Crippen molar-refractivity contribution in [3.05, 3.63) is 28.8 Å². The normalized spacial score (nSPS) is 22.8. The van der Waals surface area contributed by atoms with Gasteiger partial charge in [-0.25, -0.2) is 0 Å². The van der Waals surface area contributed by atoms with Gasteiger partial charge in [0.25, 0.3) is 5.91 Å². The minimum atomic E-state index is -1.79. The van der Waals surface area contributed by atoms with Gasteiger partial charge in [-0.3, -0.25) is 9.59 Å². The molecule has 2 N–H and O–H groups in total. The molecule has 1 amide bonds. The van der Waals surface area contributed by atoms with Crippen molar-refractivity contribution in [2.45, 2.75) is 18.9 Å². The Morgan fingerprint density at radius 1 is 1.56 bits per heavy atom. The van der Waals surface area contributed by atoms with Crippen LogP contribution < -0.4 is 5.32 Å². The maximum absolute atomic E-state index is 11.6. The van der Waals surface area contributed by atoms with E-state index in [2.05, 4.69) is 5.32 Å². The lowest BCUT2D eigenvalue weighted by atomic mass is 9.90. The predicted molar refractivity (Wildman–Crippen MR) is 59.3 cm³/mol. The molecule has 0 aliphatic carbocycles. The standard InChI is InChI=1S/C11H10ClNO3/c1-6(14)5-11(16)8-4-7(12)2-3-9(8)13-10(11)15/h2-4,16H,5H2,1H3,(H,13,15)/t11-/m0/s1. The Labute approximate surface area is 97.2 Å². The highest BCUT2D eigenvalue weighted by molar-refractivity contribution is 6.31. The molecule has 16 heavy (non-hydrogen) atoms. The lowest BCUT2D eigenvalue weighted by Crippen LogP contribution is -2.35. The van der Waals surface area contributed by atoms with Crippen LogP contribution in [0.5, 0.6) is 0 Å². The number of carbonyl (C=O) groups is 2. The predicted octanol–water partition coefficient (Wildman–Crippen LogP) is 1.46. The Kier molecular flexibility index (Phi) is 2.48. The van der Waals surface area contributed by atoms with Crippen LogP contribution in [0.1, 0.15) is 18.9 Å². The second-order valence-corrected chi connectivity index (χ2v) is 4.32. The van der Waals surface area contributed by atoms with Crippen LogP contribution in [0.4, 0.5) is 5.69 Å². The maximum Gasteiger partial charge on any atom is 0.261 e. The summed E-state index contributed by atoms with van der Waals surface area (Å²) in [6.45, 7) is 1.33. The summed E-state index contributed by atoms with van der Waals surface area (Å²) < 4.78 is 0. The van der Waals surface area contributed by atoms with E-state index in [1.807, 2.05) is 0 Å². The molecule has 5 heteroatoms. The van der Waals surface area contributed by atoms with Gasteiger partial charge in [0.2, 0.25) is 0 Å². The number of ketones is 1. The van der Waals surface area contributed by atoms with E-state index in [1.54, 1.807) is 12.1 Å². The summed E-state index contributed by atoms with van der Waals surface area (Å²) in [6, 6.07) is 4.71. The molecule has 2 rings (SSSR count). The zero-order valence-electron chi connectivity index (χ0n) is 8.58. The minimum absolute atomic E-state index is 0.244. The molecule has 1 aromatic rings. The van der Waals surface area contributed by atoms with Gasteiger partial charge in [-0.15, -0.1) is 0 Å². The molecule has 4 nitrogen and oxygen atoms in total. The number of benzene rings is 1. The highest BCUT2D eigenvalue weighted by Gasteiger charge is 2.46. The van der Waals surface area contributed by atoms with E-state index in [0.717, 1.165) is 0 Å². The summed E-state index contributed by atoms with van der Waals surface area (Å²) in [4.78, 5) is 22.7. The number of nitrogens with one attached hydrogen (secondary N) is 1. The third-order valence-electron chi connectivity index (χ3n) is 2.56. The number of halogens is 1. The summed E-state index contributed by atoms with van der Waals surface area (Å²) in [5.74, 6) is -0.842. The summed E-state index contributed by atoms with van der Waals surface area (Å²) >= 11 is 5.80. The van der Waals surface area contributed by atoms with Crippen LogP contribution in [0.25, 0.3) is 0 Å². The van der Waals surface area contributed by atoms with Gasteiger partial charge >= 0.3 is 0 Å². The summed E-state index contributed by atoms with van der Waals surface area (Å²) in [5.41, 5.74) is -0.926. The number of fused-ring (bicyclic) bond motifs is 1. The molecule has 0 unspecified atom stereocenters. The average Bonchev–Trinajstić information content (AvgIpc) is 2.40. The number of anilines is 1. The van der Waals surface area contributed by atoms with Crippen molar-refractivity contribution in [2.75, 3.05) is 5.32 Å². The van der Waals surface area contributed by atoms with E-state index in [-0.39, 0.29) is 12.2 Å². The number of carbonyl (C=O) groups excluding carboxylic acids is 2. The lowest BCUT2D eigenvalue weighted by molar-refractivity contribution is -0.139. The van der Waals surface area contributed by atoms with Crippen molar-refractivity contribution in [3.8, 4) is 0 Å². The van der Waals surface area contributed by atoms with Crippen molar-refractivity contribution in [1.82, 2.24) is 0 Å². The van der Waals surface area contributed by atoms with Crippen LogP contribution >= 0.6 is 11.6 Å². The van der Waals surface area contributed by atoms with E-state index >= 15 is 0 Å². The van der Waals surface area contributed by atoms with E-state index < -0.39 is 11.5 Å². The minimum Gasteiger partial charge on any atom is -0.375 e. The average molecular weight is 240 g/mol. The van der Waals surface area contributed by atoms with Gasteiger partial charge in [0.1, 0.15) is 5.78 Å². The summed E-state index contributed by atoms with van der Waals surface area (Å²) in [6.07, 6.45) is -0.244. The van der Waals surface area contributed by atoms with Crippen molar-refractivity contribution >= 4 is 29.0 Å². The van der Waals surface area contributed by atoms with E-state index in [0.29, 0.717) is 16.3 Å². The Morgan fingerprint density at radius 2 is 2.25 bits per heavy atom. The Bertz CT molecular complexity index is 486. The van der Waals surface area contributed by atoms with Gasteiger partial charge in [0.15, 0.2) is 5.60 Å². The monoisotopic (exact) mass is 239 g/mol. The lowest BCUT2D eigenvalue weighted by Gasteiger charge is -2.19. The number of aliphatic hydroxyl groups is 1. The highest BCUT2D eigenvalue weighted by Crippen LogP contribution is 2.39. The first-order valence-electron chi connectivity index (χ1n) is 4.77. The summed E-state index contributed by atoms with van der Waals surface area (Å²) in [5, 5.41) is 13.2. The first-order valence-corrected chi connectivity index (χ1v) is 5.14. The Balaban J connectivity index is 2.53. The fraction of sp³-hybridized carbons (Fsp3) is 0.273. The molecule has 1 aliphatic heterocycles. The van der Waals surface area contributed by atoms with Gasteiger partial charge in [-0.05, 0) is 25.1 Å². The molecule has 1 atom stereocenters. The zero-order chi connectivity index (χ0) is 11.9. The van der Waals surface area contributed by atoms with Crippen LogP contribution in [-0.4, -0.2) is 16.8 Å². The molecule has 0 saturated heterocycles. The van der Waals surface area contributed by atoms with Gasteiger partial charge < -0.3 is 10.4 Å². The molecule has 0 fully saturated rings. The smallest absolute Gasteiger partial charge is 0.261 e. The van der Waals surface area contributed by atoms with Crippen LogP contribution in [0.2, 0.25) is 5.02 Å². The molecule has 0 spiro atoms. The first kappa shape index (κ1) is 11.1. The zero-order valence-corrected chi connectivity index (χ0v) is 9.34.